The number of fused-ring (bicyclic) bond motifs is 3. The van der Waals surface area contributed by atoms with Crippen LogP contribution in [0.1, 0.15) is 17.0 Å². The number of hydrogen-bond donors (Lipinski definition) is 2. The Hall–Kier alpha value is -4.47. The molecule has 156 valence electrons. The average Bonchev–Trinajstić information content (AvgIpc) is 3.07. The van der Waals surface area contributed by atoms with Crippen LogP contribution in [-0.4, -0.2) is 27.7 Å². The van der Waals surface area contributed by atoms with Crippen molar-refractivity contribution in [3.05, 3.63) is 92.0 Å². The first kappa shape index (κ1) is 19.8. The highest BCUT2D eigenvalue weighted by molar-refractivity contribution is 5.89. The number of anilines is 1. The van der Waals surface area contributed by atoms with Crippen molar-refractivity contribution in [1.82, 2.24) is 0 Å². The molecule has 3 aromatic carbocycles. The second kappa shape index (κ2) is 7.75. The Balaban J connectivity index is 1.55. The third-order valence-corrected chi connectivity index (χ3v) is 5.06. The molecule has 1 aliphatic carbocycles. The number of nitrogens with one attached hydrogen (secondary N) is 1. The Morgan fingerprint density at radius 1 is 0.968 bits per heavy atom. The van der Waals surface area contributed by atoms with Crippen LogP contribution in [0.2, 0.25) is 0 Å². The van der Waals surface area contributed by atoms with Gasteiger partial charge in [-0.2, -0.15) is 0 Å². The number of non-ortho nitro benzene ring substituents is 1. The lowest BCUT2D eigenvalue weighted by atomic mass is 9.98. The first-order chi connectivity index (χ1) is 14.9. The molecular weight excluding hydrogens is 406 g/mol. The van der Waals surface area contributed by atoms with E-state index in [0.29, 0.717) is 6.07 Å². The van der Waals surface area contributed by atoms with Gasteiger partial charge < -0.3 is 9.84 Å². The van der Waals surface area contributed by atoms with Crippen LogP contribution in [0.5, 0.6) is 5.75 Å². The van der Waals surface area contributed by atoms with E-state index in [1.54, 1.807) is 0 Å². The molecule has 0 aliphatic heterocycles. The van der Waals surface area contributed by atoms with E-state index >= 15 is 0 Å². The Morgan fingerprint density at radius 3 is 2.10 bits per heavy atom. The number of nitro benzene ring substituents is 2. The third-order valence-electron chi connectivity index (χ3n) is 5.06. The van der Waals surface area contributed by atoms with Crippen LogP contribution in [0, 0.1) is 20.2 Å². The number of nitrogens with zero attached hydrogens (tertiary/aromatic N) is 2. The van der Waals surface area contributed by atoms with Gasteiger partial charge in [0.25, 0.3) is 5.69 Å². The van der Waals surface area contributed by atoms with Gasteiger partial charge >= 0.3 is 11.8 Å². The second-order valence-electron chi connectivity index (χ2n) is 6.83. The summed E-state index contributed by atoms with van der Waals surface area (Å²) in [4.78, 5) is 32.5. The van der Waals surface area contributed by atoms with E-state index in [-0.39, 0.29) is 12.5 Å². The molecule has 10 nitrogen and oxygen atoms in total. The molecule has 4 rings (SSSR count). The van der Waals surface area contributed by atoms with E-state index in [1.807, 2.05) is 48.5 Å². The molecule has 31 heavy (non-hydrogen) atoms. The van der Waals surface area contributed by atoms with Gasteiger partial charge in [0.1, 0.15) is 12.3 Å². The number of phenols is 1. The Morgan fingerprint density at radius 2 is 1.55 bits per heavy atom. The molecule has 1 aliphatic rings. The van der Waals surface area contributed by atoms with Crippen molar-refractivity contribution in [3.8, 4) is 16.9 Å². The monoisotopic (exact) mass is 421 g/mol. The maximum Gasteiger partial charge on any atom is 0.411 e. The van der Waals surface area contributed by atoms with Crippen molar-refractivity contribution < 1.29 is 24.5 Å². The summed E-state index contributed by atoms with van der Waals surface area (Å²) in [5.41, 5.74) is 2.02. The molecule has 1 amide bonds. The Bertz CT molecular complexity index is 1180. The zero-order valence-electron chi connectivity index (χ0n) is 15.8. The van der Waals surface area contributed by atoms with Gasteiger partial charge in [-0.3, -0.25) is 25.5 Å². The van der Waals surface area contributed by atoms with Gasteiger partial charge in [0, 0.05) is 12.0 Å². The molecule has 0 radical (unpaired) electrons. The van der Waals surface area contributed by atoms with Gasteiger partial charge in [0.15, 0.2) is 0 Å². The standard InChI is InChI=1S/C21H15N3O7/c25-20-18(9-12(23(27)28)10-19(20)24(29)30)22-21(26)31-11-17-15-7-3-1-5-13(15)14-6-2-4-8-16(14)17/h1-10,17,25H,11H2,(H,22,26). The quantitative estimate of drug-likeness (QED) is 0.349. The lowest BCUT2D eigenvalue weighted by molar-refractivity contribution is -0.394. The predicted molar refractivity (Wildman–Crippen MR) is 110 cm³/mol. The van der Waals surface area contributed by atoms with Gasteiger partial charge in [-0.1, -0.05) is 48.5 Å². The molecule has 0 atom stereocenters. The van der Waals surface area contributed by atoms with E-state index in [0.717, 1.165) is 28.3 Å². The maximum atomic E-state index is 12.3. The predicted octanol–water partition coefficient (Wildman–Crippen LogP) is 4.57. The summed E-state index contributed by atoms with van der Waals surface area (Å²) in [7, 11) is 0. The first-order valence-electron chi connectivity index (χ1n) is 9.14. The van der Waals surface area contributed by atoms with E-state index in [9.17, 15) is 30.1 Å². The van der Waals surface area contributed by atoms with Crippen LogP contribution >= 0.6 is 0 Å². The van der Waals surface area contributed by atoms with Crippen LogP contribution < -0.4 is 5.32 Å². The van der Waals surface area contributed by atoms with Gasteiger partial charge in [-0.15, -0.1) is 0 Å². The SMILES string of the molecule is O=C(Nc1cc([N+](=O)[O-])cc([N+](=O)[O-])c1O)OCC1c2ccccc2-c2ccccc21. The van der Waals surface area contributed by atoms with Crippen molar-refractivity contribution in [3.63, 3.8) is 0 Å². The summed E-state index contributed by atoms with van der Waals surface area (Å²) in [5.74, 6) is -1.12. The molecule has 0 saturated carbocycles. The highest BCUT2D eigenvalue weighted by Crippen LogP contribution is 2.44. The summed E-state index contributed by atoms with van der Waals surface area (Å²) in [5, 5.41) is 34.2. The van der Waals surface area contributed by atoms with Crippen molar-refractivity contribution in [2.24, 2.45) is 0 Å². The average molecular weight is 421 g/mol. The minimum atomic E-state index is -1.01. The fourth-order valence-electron chi connectivity index (χ4n) is 3.69. The lowest BCUT2D eigenvalue weighted by Gasteiger charge is -2.15. The van der Waals surface area contributed by atoms with E-state index in [1.165, 1.54) is 0 Å². The molecule has 0 spiro atoms. The number of carbonyl (C=O) groups excluding carboxylic acids is 1. The lowest BCUT2D eigenvalue weighted by Crippen LogP contribution is -2.18. The summed E-state index contributed by atoms with van der Waals surface area (Å²) >= 11 is 0. The first-order valence-corrected chi connectivity index (χ1v) is 9.14. The minimum Gasteiger partial charge on any atom is -0.501 e. The highest BCUT2D eigenvalue weighted by atomic mass is 16.6. The second-order valence-corrected chi connectivity index (χ2v) is 6.83. The fourth-order valence-corrected chi connectivity index (χ4v) is 3.69. The molecule has 0 fully saturated rings. The summed E-state index contributed by atoms with van der Waals surface area (Å²) in [6, 6.07) is 16.9. The molecule has 10 heteroatoms. The largest absolute Gasteiger partial charge is 0.501 e. The Kier molecular flexibility index (Phi) is 4.96. The number of ether oxygens (including phenoxy) is 1. The topological polar surface area (TPSA) is 145 Å². The van der Waals surface area contributed by atoms with Crippen molar-refractivity contribution in [2.45, 2.75) is 5.92 Å². The molecule has 0 aromatic heterocycles. The number of carbonyl (C=O) groups is 1. The van der Waals surface area contributed by atoms with Crippen LogP contribution in [0.4, 0.5) is 21.9 Å². The molecule has 0 heterocycles. The molecule has 0 bridgehead atoms. The maximum absolute atomic E-state index is 12.3. The summed E-state index contributed by atoms with van der Waals surface area (Å²) < 4.78 is 5.30. The van der Waals surface area contributed by atoms with Crippen molar-refractivity contribution >= 4 is 23.2 Å². The molecular formula is C21H15N3O7. The van der Waals surface area contributed by atoms with E-state index in [4.69, 9.17) is 4.74 Å². The van der Waals surface area contributed by atoms with Crippen LogP contribution in [0.3, 0.4) is 0 Å². The van der Waals surface area contributed by atoms with E-state index in [2.05, 4.69) is 5.32 Å². The fraction of sp³-hybridized carbons (Fsp3) is 0.0952. The zero-order valence-corrected chi connectivity index (χ0v) is 15.8. The number of aromatic hydroxyl groups is 1. The number of rotatable bonds is 5. The van der Waals surface area contributed by atoms with Gasteiger partial charge in [-0.05, 0) is 22.3 Å². The minimum absolute atomic E-state index is 0.0301. The van der Waals surface area contributed by atoms with Crippen LogP contribution in [-0.2, 0) is 4.74 Å². The number of benzene rings is 3. The van der Waals surface area contributed by atoms with E-state index < -0.39 is 38.8 Å². The van der Waals surface area contributed by atoms with Crippen LogP contribution in [0.25, 0.3) is 11.1 Å². The zero-order chi connectivity index (χ0) is 22.1. The third kappa shape index (κ3) is 3.62. The highest BCUT2D eigenvalue weighted by Gasteiger charge is 2.30. The number of amides is 1. The van der Waals surface area contributed by atoms with Gasteiger partial charge in [0.2, 0.25) is 5.75 Å². The van der Waals surface area contributed by atoms with Gasteiger partial charge in [0.05, 0.1) is 15.9 Å². The summed E-state index contributed by atoms with van der Waals surface area (Å²) in [6.45, 7) is -0.0301. The van der Waals surface area contributed by atoms with Crippen LogP contribution in [0.15, 0.2) is 60.7 Å². The molecule has 3 aromatic rings. The molecule has 0 unspecified atom stereocenters. The molecule has 2 N–H and O–H groups in total. The summed E-state index contributed by atoms with van der Waals surface area (Å²) in [6.07, 6.45) is -1.01. The van der Waals surface area contributed by atoms with Crippen molar-refractivity contribution in [1.29, 1.82) is 0 Å². The smallest absolute Gasteiger partial charge is 0.411 e. The van der Waals surface area contributed by atoms with Crippen molar-refractivity contribution in [2.75, 3.05) is 11.9 Å². The molecule has 0 saturated heterocycles. The van der Waals surface area contributed by atoms with Gasteiger partial charge in [-0.25, -0.2) is 4.79 Å². The normalized spacial score (nSPS) is 12.0. The number of phenolic OH excluding ortho intramolecular Hbond substituents is 1. The number of hydrogen-bond acceptors (Lipinski definition) is 7. The number of nitro groups is 2. The Labute approximate surface area is 175 Å².